The summed E-state index contributed by atoms with van der Waals surface area (Å²) in [4.78, 5) is 42.5. The van der Waals surface area contributed by atoms with Gasteiger partial charge in [-0.05, 0) is 47.0 Å². The monoisotopic (exact) mass is 800 g/mol. The van der Waals surface area contributed by atoms with Crippen LogP contribution in [0.25, 0.3) is 22.6 Å². The van der Waals surface area contributed by atoms with E-state index in [0.717, 1.165) is 33.5 Å². The van der Waals surface area contributed by atoms with Crippen LogP contribution in [0.2, 0.25) is 0 Å². The molecule has 11 heteroatoms. The van der Waals surface area contributed by atoms with Crippen LogP contribution in [0.1, 0.15) is 71.6 Å². The number of oxazole rings is 1. The number of aliphatic hydroxyl groups excluding tert-OH is 1. The standard InChI is InChI=1S/C48H36N2O8S/c51-27-29-19-21-33(22-20-29)42-40(30-11-4-1-5-12-30)39(28-59-48-50-41(31-13-6-2-7-14-31)43(57-48)32-15-8-3-9-16-32)55-47(56-42)35-17-10-18-36(25-35)49-44(52)34-23-24-37-38(26-34)46(54)58-45(37)53/h1-26,39-40,42,47,51H,27-28H2,(H,49,52)/t39-,40-,42+,47?/m1/s1. The molecule has 1 unspecified atom stereocenters. The first-order valence-corrected chi connectivity index (χ1v) is 20.0. The molecule has 0 bridgehead atoms. The van der Waals surface area contributed by atoms with E-state index in [4.69, 9.17) is 23.6 Å². The fraction of sp³-hybridized carbons (Fsp3) is 0.125. The van der Waals surface area contributed by atoms with Gasteiger partial charge in [0, 0.05) is 39.6 Å². The summed E-state index contributed by atoms with van der Waals surface area (Å²) in [5.74, 6) is -1.13. The number of rotatable bonds is 11. The molecule has 9 rings (SSSR count). The van der Waals surface area contributed by atoms with Gasteiger partial charge in [0.25, 0.3) is 11.1 Å². The molecule has 6 aromatic carbocycles. The summed E-state index contributed by atoms with van der Waals surface area (Å²) < 4.78 is 25.1. The minimum Gasteiger partial charge on any atom is -0.431 e. The highest BCUT2D eigenvalue weighted by Crippen LogP contribution is 2.48. The Balaban J connectivity index is 1.05. The Kier molecular flexibility index (Phi) is 10.7. The lowest BCUT2D eigenvalue weighted by Gasteiger charge is -2.43. The third kappa shape index (κ3) is 7.97. The molecule has 10 nitrogen and oxygen atoms in total. The van der Waals surface area contributed by atoms with Crippen molar-refractivity contribution in [1.82, 2.24) is 4.98 Å². The largest absolute Gasteiger partial charge is 0.431 e. The summed E-state index contributed by atoms with van der Waals surface area (Å²) in [5.41, 5.74) is 6.83. The number of carbonyl (C=O) groups excluding carboxylic acids is 3. The fourth-order valence-corrected chi connectivity index (χ4v) is 8.33. The lowest BCUT2D eigenvalue weighted by Crippen LogP contribution is -2.38. The average Bonchev–Trinajstić information content (AvgIpc) is 3.85. The number of nitrogens with zero attached hydrogens (tertiary/aromatic N) is 1. The van der Waals surface area contributed by atoms with Gasteiger partial charge in [-0.3, -0.25) is 4.79 Å². The maximum Gasteiger partial charge on any atom is 0.346 e. The van der Waals surface area contributed by atoms with E-state index in [1.807, 2.05) is 109 Å². The summed E-state index contributed by atoms with van der Waals surface area (Å²) >= 11 is 1.47. The molecule has 4 atom stereocenters. The number of aliphatic hydroxyl groups is 1. The lowest BCUT2D eigenvalue weighted by atomic mass is 9.84. The summed E-state index contributed by atoms with van der Waals surface area (Å²) in [6.07, 6.45) is -1.76. The number of cyclic esters (lactones) is 2. The molecule has 0 spiro atoms. The molecule has 2 N–H and O–H groups in total. The molecule has 292 valence electrons. The van der Waals surface area contributed by atoms with Gasteiger partial charge in [0.2, 0.25) is 0 Å². The molecule has 1 aromatic heterocycles. The van der Waals surface area contributed by atoms with E-state index in [-0.39, 0.29) is 29.2 Å². The van der Waals surface area contributed by atoms with Gasteiger partial charge >= 0.3 is 11.9 Å². The van der Waals surface area contributed by atoms with Crippen molar-refractivity contribution >= 4 is 35.3 Å². The SMILES string of the molecule is O=C(Nc1cccc(C2O[C@H](CSc3nc(-c4ccccc4)c(-c4ccccc4)o3)[C@@H](c3ccccc3)[C@H](c3ccc(CO)cc3)O2)c1)c1ccc2c(c1)C(=O)OC2=O. The highest BCUT2D eigenvalue weighted by atomic mass is 32.2. The number of aromatic nitrogens is 1. The number of anilines is 1. The van der Waals surface area contributed by atoms with Crippen molar-refractivity contribution in [1.29, 1.82) is 0 Å². The lowest BCUT2D eigenvalue weighted by molar-refractivity contribution is -0.255. The van der Waals surface area contributed by atoms with Crippen molar-refractivity contribution in [2.45, 2.75) is 36.2 Å². The highest BCUT2D eigenvalue weighted by Gasteiger charge is 2.42. The third-order valence-corrected chi connectivity index (χ3v) is 11.3. The molecule has 2 aliphatic heterocycles. The first kappa shape index (κ1) is 37.9. The van der Waals surface area contributed by atoms with Gasteiger partial charge in [0.15, 0.2) is 12.1 Å². The summed E-state index contributed by atoms with van der Waals surface area (Å²) in [5, 5.41) is 13.2. The number of thioether (sulfide) groups is 1. The molecule has 2 aliphatic rings. The van der Waals surface area contributed by atoms with Crippen molar-refractivity contribution < 1.29 is 38.1 Å². The van der Waals surface area contributed by atoms with Gasteiger partial charge in [-0.1, -0.05) is 139 Å². The number of amides is 1. The average molecular weight is 801 g/mol. The number of carbonyl (C=O) groups is 3. The first-order chi connectivity index (χ1) is 28.9. The predicted octanol–water partition coefficient (Wildman–Crippen LogP) is 9.80. The van der Waals surface area contributed by atoms with Crippen LogP contribution < -0.4 is 5.32 Å². The second-order valence-electron chi connectivity index (χ2n) is 14.1. The third-order valence-electron chi connectivity index (χ3n) is 10.4. The van der Waals surface area contributed by atoms with Crippen molar-refractivity contribution in [2.24, 2.45) is 0 Å². The molecule has 1 saturated heterocycles. The van der Waals surface area contributed by atoms with Crippen LogP contribution in [0.4, 0.5) is 5.69 Å². The quantitative estimate of drug-likeness (QED) is 0.0739. The molecular weight excluding hydrogens is 765 g/mol. The molecule has 0 radical (unpaired) electrons. The second kappa shape index (κ2) is 16.7. The molecule has 1 fully saturated rings. The van der Waals surface area contributed by atoms with E-state index in [9.17, 15) is 19.5 Å². The van der Waals surface area contributed by atoms with Gasteiger partial charge in [-0.25, -0.2) is 14.6 Å². The number of benzene rings is 6. The number of nitrogens with one attached hydrogen (secondary N) is 1. The number of esters is 2. The summed E-state index contributed by atoms with van der Waals surface area (Å²) in [6.45, 7) is -0.0861. The summed E-state index contributed by atoms with van der Waals surface area (Å²) in [7, 11) is 0. The number of fused-ring (bicyclic) bond motifs is 1. The Morgan fingerprint density at radius 2 is 1.36 bits per heavy atom. The van der Waals surface area contributed by atoms with E-state index in [1.165, 1.54) is 30.0 Å². The topological polar surface area (TPSA) is 137 Å². The second-order valence-corrected chi connectivity index (χ2v) is 15.1. The van der Waals surface area contributed by atoms with Crippen LogP contribution in [0.5, 0.6) is 0 Å². The van der Waals surface area contributed by atoms with Gasteiger partial charge < -0.3 is 29.1 Å². The van der Waals surface area contributed by atoms with Crippen LogP contribution in [0.3, 0.4) is 0 Å². The molecule has 59 heavy (non-hydrogen) atoms. The minimum atomic E-state index is -0.856. The van der Waals surface area contributed by atoms with E-state index in [0.29, 0.717) is 28.0 Å². The Labute approximate surface area is 343 Å². The van der Waals surface area contributed by atoms with Gasteiger partial charge in [0.05, 0.1) is 29.9 Å². The van der Waals surface area contributed by atoms with Crippen molar-refractivity contribution in [3.63, 3.8) is 0 Å². The molecule has 0 aliphatic carbocycles. The van der Waals surface area contributed by atoms with Gasteiger partial charge in [0.1, 0.15) is 5.69 Å². The zero-order chi connectivity index (χ0) is 40.3. The Bertz CT molecular complexity index is 2580. The molecule has 0 saturated carbocycles. The van der Waals surface area contributed by atoms with E-state index in [1.54, 1.807) is 18.2 Å². The van der Waals surface area contributed by atoms with E-state index in [2.05, 4.69) is 17.4 Å². The van der Waals surface area contributed by atoms with Gasteiger partial charge in [-0.15, -0.1) is 0 Å². The number of ether oxygens (including phenoxy) is 3. The molecular formula is C48H36N2O8S. The highest BCUT2D eigenvalue weighted by molar-refractivity contribution is 7.99. The molecule has 1 amide bonds. The van der Waals surface area contributed by atoms with Crippen LogP contribution in [-0.2, 0) is 20.8 Å². The normalized spacial score (nSPS) is 18.6. The zero-order valence-corrected chi connectivity index (χ0v) is 32.2. The Morgan fingerprint density at radius 3 is 2.08 bits per heavy atom. The predicted molar refractivity (Wildman–Crippen MR) is 222 cm³/mol. The van der Waals surface area contributed by atoms with E-state index >= 15 is 0 Å². The van der Waals surface area contributed by atoms with Gasteiger partial charge in [-0.2, -0.15) is 0 Å². The smallest absolute Gasteiger partial charge is 0.346 e. The van der Waals surface area contributed by atoms with Crippen molar-refractivity contribution in [3.8, 4) is 22.6 Å². The van der Waals surface area contributed by atoms with Crippen molar-refractivity contribution in [2.75, 3.05) is 11.1 Å². The zero-order valence-electron chi connectivity index (χ0n) is 31.4. The van der Waals surface area contributed by atoms with Crippen molar-refractivity contribution in [3.05, 3.63) is 197 Å². The molecule has 3 heterocycles. The summed E-state index contributed by atoms with van der Waals surface area (Å²) in [6, 6.07) is 49.2. The maximum atomic E-state index is 13.4. The van der Waals surface area contributed by atoms with Crippen LogP contribution in [0, 0.1) is 0 Å². The minimum absolute atomic E-state index is 0.0488. The first-order valence-electron chi connectivity index (χ1n) is 19.0. The number of hydrogen-bond acceptors (Lipinski definition) is 10. The number of hydrogen-bond donors (Lipinski definition) is 2. The fourth-order valence-electron chi connectivity index (χ4n) is 7.44. The maximum absolute atomic E-state index is 13.4. The van der Waals surface area contributed by atoms with E-state index < -0.39 is 36.3 Å². The van der Waals surface area contributed by atoms with Crippen LogP contribution >= 0.6 is 11.8 Å². The Morgan fingerprint density at radius 1 is 0.678 bits per heavy atom. The molecule has 7 aromatic rings. The van der Waals surface area contributed by atoms with Crippen LogP contribution in [0.15, 0.2) is 167 Å². The Hall–Kier alpha value is -6.63. The van der Waals surface area contributed by atoms with Crippen LogP contribution in [-0.4, -0.2) is 39.8 Å².